The van der Waals surface area contributed by atoms with E-state index in [1.54, 1.807) is 6.07 Å². The summed E-state index contributed by atoms with van der Waals surface area (Å²) >= 11 is 0. The Hall–Kier alpha value is -3.69. The van der Waals surface area contributed by atoms with E-state index in [-0.39, 0.29) is 31.8 Å². The predicted molar refractivity (Wildman–Crippen MR) is 104 cm³/mol. The minimum atomic E-state index is -2.69. The molecule has 1 fully saturated rings. The van der Waals surface area contributed by atoms with Gasteiger partial charge in [-0.05, 0) is 29.5 Å². The van der Waals surface area contributed by atoms with Gasteiger partial charge in [0.25, 0.3) is 11.8 Å². The number of aromatic amines is 1. The van der Waals surface area contributed by atoms with Crippen molar-refractivity contribution in [2.75, 3.05) is 13.1 Å². The second-order valence-electron chi connectivity index (χ2n) is 7.26. The molecule has 10 heteroatoms. The number of piperidine rings is 1. The number of pyridine rings is 1. The van der Waals surface area contributed by atoms with Crippen LogP contribution in [0.4, 0.5) is 8.78 Å². The molecule has 4 aromatic rings. The molecule has 1 saturated heterocycles. The minimum absolute atomic E-state index is 0.0494. The summed E-state index contributed by atoms with van der Waals surface area (Å²) in [6.07, 6.45) is 2.75. The fraction of sp³-hybridized carbons (Fsp3) is 0.250. The summed E-state index contributed by atoms with van der Waals surface area (Å²) in [5, 5.41) is 14.8. The molecule has 1 aliphatic rings. The Morgan fingerprint density at radius 2 is 1.97 bits per heavy atom. The third-order valence-corrected chi connectivity index (χ3v) is 5.28. The van der Waals surface area contributed by atoms with Gasteiger partial charge >= 0.3 is 0 Å². The van der Waals surface area contributed by atoms with E-state index in [1.807, 2.05) is 41.1 Å². The number of likely N-dealkylation sites (tertiary alicyclic amines) is 1. The van der Waals surface area contributed by atoms with Crippen LogP contribution >= 0.6 is 0 Å². The van der Waals surface area contributed by atoms with Crippen LogP contribution in [0.15, 0.2) is 48.8 Å². The van der Waals surface area contributed by atoms with Crippen LogP contribution in [0.5, 0.6) is 0 Å². The van der Waals surface area contributed by atoms with Gasteiger partial charge in [0.05, 0.1) is 5.56 Å². The first kappa shape index (κ1) is 18.3. The van der Waals surface area contributed by atoms with Crippen molar-refractivity contribution in [3.05, 3.63) is 54.4 Å². The molecule has 4 heterocycles. The Labute approximate surface area is 169 Å². The predicted octanol–water partition coefficient (Wildman–Crippen LogP) is 3.08. The van der Waals surface area contributed by atoms with Crippen molar-refractivity contribution in [2.45, 2.75) is 18.8 Å². The smallest absolute Gasteiger partial charge is 0.255 e. The number of alkyl halides is 2. The lowest BCUT2D eigenvalue weighted by Crippen LogP contribution is -2.42. The molecular weight excluding hydrogens is 392 g/mol. The summed E-state index contributed by atoms with van der Waals surface area (Å²) in [6.45, 7) is 0.0987. The van der Waals surface area contributed by atoms with Gasteiger partial charge in [-0.3, -0.25) is 4.79 Å². The van der Waals surface area contributed by atoms with Gasteiger partial charge in [0.1, 0.15) is 5.65 Å². The molecule has 0 radical (unpaired) electrons. The van der Waals surface area contributed by atoms with Gasteiger partial charge < -0.3 is 9.47 Å². The van der Waals surface area contributed by atoms with Crippen molar-refractivity contribution in [1.82, 2.24) is 35.1 Å². The van der Waals surface area contributed by atoms with Crippen LogP contribution in [0.3, 0.4) is 0 Å². The highest BCUT2D eigenvalue weighted by molar-refractivity contribution is 5.97. The number of halogens is 2. The largest absolute Gasteiger partial charge is 0.338 e. The monoisotopic (exact) mass is 409 g/mol. The second-order valence-corrected chi connectivity index (χ2v) is 7.26. The number of tetrazole rings is 1. The molecule has 0 spiro atoms. The first-order valence-corrected chi connectivity index (χ1v) is 9.49. The number of benzene rings is 1. The summed E-state index contributed by atoms with van der Waals surface area (Å²) < 4.78 is 28.6. The van der Waals surface area contributed by atoms with Gasteiger partial charge in [-0.2, -0.15) is 5.21 Å². The van der Waals surface area contributed by atoms with Crippen molar-refractivity contribution >= 4 is 16.9 Å². The molecule has 3 aromatic heterocycles. The summed E-state index contributed by atoms with van der Waals surface area (Å²) in [7, 11) is 0. The Balaban J connectivity index is 1.44. The van der Waals surface area contributed by atoms with E-state index in [2.05, 4.69) is 25.6 Å². The molecule has 1 aromatic carbocycles. The summed E-state index contributed by atoms with van der Waals surface area (Å²) in [5.41, 5.74) is 2.74. The van der Waals surface area contributed by atoms with Crippen molar-refractivity contribution in [2.24, 2.45) is 0 Å². The van der Waals surface area contributed by atoms with E-state index in [0.29, 0.717) is 17.0 Å². The van der Waals surface area contributed by atoms with Crippen LogP contribution in [-0.4, -0.2) is 60.0 Å². The zero-order valence-electron chi connectivity index (χ0n) is 15.8. The van der Waals surface area contributed by atoms with Crippen molar-refractivity contribution in [1.29, 1.82) is 0 Å². The van der Waals surface area contributed by atoms with Crippen LogP contribution in [0.2, 0.25) is 0 Å². The van der Waals surface area contributed by atoms with Crippen LogP contribution in [-0.2, 0) is 0 Å². The van der Waals surface area contributed by atoms with Gasteiger partial charge in [-0.25, -0.2) is 13.8 Å². The number of rotatable bonds is 3. The first-order chi connectivity index (χ1) is 14.5. The van der Waals surface area contributed by atoms with Gasteiger partial charge in [-0.1, -0.05) is 12.1 Å². The zero-order valence-corrected chi connectivity index (χ0v) is 15.8. The maximum atomic E-state index is 13.4. The highest BCUT2D eigenvalue weighted by atomic mass is 19.3. The molecule has 1 aliphatic heterocycles. The van der Waals surface area contributed by atoms with Crippen molar-refractivity contribution in [3.63, 3.8) is 0 Å². The SMILES string of the molecule is O=C(c1cnc2c(ccn2-c2cccc(-c3nn[nH]n3)c2)c1)N1CCC(F)(F)CC1. The number of nitrogens with zero attached hydrogens (tertiary/aromatic N) is 6. The Morgan fingerprint density at radius 1 is 1.13 bits per heavy atom. The molecule has 0 atom stereocenters. The van der Waals surface area contributed by atoms with E-state index < -0.39 is 5.92 Å². The molecular formula is C20H17F2N7O. The van der Waals surface area contributed by atoms with Gasteiger partial charge in [0.2, 0.25) is 5.82 Å². The van der Waals surface area contributed by atoms with E-state index in [0.717, 1.165) is 16.6 Å². The number of nitrogens with one attached hydrogen (secondary N) is 1. The molecule has 0 saturated carbocycles. The Bertz CT molecular complexity index is 1210. The van der Waals surface area contributed by atoms with Crippen molar-refractivity contribution in [3.8, 4) is 17.1 Å². The van der Waals surface area contributed by atoms with E-state index in [1.165, 1.54) is 11.1 Å². The third kappa shape index (κ3) is 3.30. The number of H-pyrrole nitrogens is 1. The highest BCUT2D eigenvalue weighted by Crippen LogP contribution is 2.29. The maximum absolute atomic E-state index is 13.4. The summed E-state index contributed by atoms with van der Waals surface area (Å²) in [6, 6.07) is 11.2. The summed E-state index contributed by atoms with van der Waals surface area (Å²) in [4.78, 5) is 18.7. The number of hydrogen-bond donors (Lipinski definition) is 1. The molecule has 8 nitrogen and oxygen atoms in total. The molecule has 1 N–H and O–H groups in total. The number of fused-ring (bicyclic) bond motifs is 1. The molecule has 30 heavy (non-hydrogen) atoms. The topological polar surface area (TPSA) is 92.6 Å². The lowest BCUT2D eigenvalue weighted by atomic mass is 10.1. The zero-order chi connectivity index (χ0) is 20.7. The Kier molecular flexibility index (Phi) is 4.27. The minimum Gasteiger partial charge on any atom is -0.338 e. The fourth-order valence-electron chi connectivity index (χ4n) is 3.65. The fourth-order valence-corrected chi connectivity index (χ4v) is 3.65. The van der Waals surface area contributed by atoms with Gasteiger partial charge in [0, 0.05) is 55.0 Å². The van der Waals surface area contributed by atoms with Crippen molar-refractivity contribution < 1.29 is 13.6 Å². The molecule has 5 rings (SSSR count). The van der Waals surface area contributed by atoms with Crippen LogP contribution in [0.25, 0.3) is 28.1 Å². The standard InChI is InChI=1S/C20H17F2N7O/c21-20(22)5-8-28(9-6-20)19(30)15-10-14-4-7-29(18(14)23-12-15)16-3-1-2-13(11-16)17-24-26-27-25-17/h1-4,7,10-12H,5-6,8-9H2,(H,24,25,26,27). The first-order valence-electron chi connectivity index (χ1n) is 9.49. The number of amides is 1. The van der Waals surface area contributed by atoms with Gasteiger partial charge in [0.15, 0.2) is 0 Å². The quantitative estimate of drug-likeness (QED) is 0.561. The van der Waals surface area contributed by atoms with Crippen LogP contribution in [0.1, 0.15) is 23.2 Å². The Morgan fingerprint density at radius 3 is 2.73 bits per heavy atom. The van der Waals surface area contributed by atoms with Gasteiger partial charge in [-0.15, -0.1) is 10.2 Å². The highest BCUT2D eigenvalue weighted by Gasteiger charge is 2.35. The third-order valence-electron chi connectivity index (χ3n) is 5.28. The number of aromatic nitrogens is 6. The molecule has 152 valence electrons. The normalized spacial score (nSPS) is 16.1. The lowest BCUT2D eigenvalue weighted by Gasteiger charge is -2.31. The average Bonchev–Trinajstić information content (AvgIpc) is 3.43. The molecule has 0 unspecified atom stereocenters. The van der Waals surface area contributed by atoms with E-state index >= 15 is 0 Å². The van der Waals surface area contributed by atoms with E-state index in [9.17, 15) is 13.6 Å². The maximum Gasteiger partial charge on any atom is 0.255 e. The average molecular weight is 409 g/mol. The molecule has 1 amide bonds. The number of hydrogen-bond acceptors (Lipinski definition) is 5. The molecule has 0 aliphatic carbocycles. The summed E-state index contributed by atoms with van der Waals surface area (Å²) in [5.74, 6) is -2.47. The second kappa shape index (κ2) is 6.97. The van der Waals surface area contributed by atoms with E-state index in [4.69, 9.17) is 0 Å². The van der Waals surface area contributed by atoms with Crippen LogP contribution in [0, 0.1) is 0 Å². The van der Waals surface area contributed by atoms with Crippen LogP contribution < -0.4 is 0 Å². The molecule has 0 bridgehead atoms. The number of carbonyl (C=O) groups is 1. The lowest BCUT2D eigenvalue weighted by molar-refractivity contribution is -0.0494. The number of carbonyl (C=O) groups excluding carboxylic acids is 1.